The van der Waals surface area contributed by atoms with E-state index in [1.54, 1.807) is 13.0 Å². The molecule has 0 unspecified atom stereocenters. The molecule has 0 spiro atoms. The van der Waals surface area contributed by atoms with Crippen molar-refractivity contribution < 1.29 is 4.79 Å². The van der Waals surface area contributed by atoms with E-state index in [9.17, 15) is 4.79 Å². The molecule has 0 N–H and O–H groups in total. The van der Waals surface area contributed by atoms with Gasteiger partial charge in [0.2, 0.25) is 0 Å². The number of carbonyl (C=O) groups is 1. The van der Waals surface area contributed by atoms with Gasteiger partial charge in [0, 0.05) is 4.47 Å². The summed E-state index contributed by atoms with van der Waals surface area (Å²) in [5.41, 5.74) is 3.76. The van der Waals surface area contributed by atoms with E-state index < -0.39 is 0 Å². The Kier molecular flexibility index (Phi) is 2.55. The maximum absolute atomic E-state index is 11.0. The summed E-state index contributed by atoms with van der Waals surface area (Å²) in [6.45, 7) is 1.60. The predicted octanol–water partition coefficient (Wildman–Crippen LogP) is 3.37. The van der Waals surface area contributed by atoms with Crippen LogP contribution in [0.3, 0.4) is 0 Å². The van der Waals surface area contributed by atoms with Crippen LogP contribution in [0.15, 0.2) is 28.7 Å². The third-order valence-corrected chi connectivity index (χ3v) is 2.95. The summed E-state index contributed by atoms with van der Waals surface area (Å²) in [5.74, 6) is 0.135. The topological polar surface area (TPSA) is 17.1 Å². The Morgan fingerprint density at radius 3 is 2.93 bits per heavy atom. The van der Waals surface area contributed by atoms with Gasteiger partial charge in [-0.05, 0) is 54.7 Å². The van der Waals surface area contributed by atoms with Crippen molar-refractivity contribution >= 4 is 27.3 Å². The average Bonchev–Trinajstić information content (AvgIpc) is 2.47. The van der Waals surface area contributed by atoms with Crippen molar-refractivity contribution in [2.24, 2.45) is 0 Å². The van der Waals surface area contributed by atoms with Gasteiger partial charge in [0.15, 0.2) is 5.78 Å². The fourth-order valence-corrected chi connectivity index (χ4v) is 2.29. The first kappa shape index (κ1) is 9.66. The number of carbonyl (C=O) groups excluding carboxylic acids is 1. The van der Waals surface area contributed by atoms with Crippen LogP contribution in [0.5, 0.6) is 0 Å². The van der Waals surface area contributed by atoms with Gasteiger partial charge in [0.25, 0.3) is 0 Å². The molecule has 1 aromatic rings. The lowest BCUT2D eigenvalue weighted by atomic mass is 10.1. The highest BCUT2D eigenvalue weighted by Crippen LogP contribution is 2.33. The minimum atomic E-state index is 0.135. The van der Waals surface area contributed by atoms with Crippen molar-refractivity contribution in [2.45, 2.75) is 19.8 Å². The standard InChI is InChI=1S/C12H11BrO/c1-8(14)6-9-2-3-10-7-11(13)4-5-12(9)10/h4-7H,2-3H2,1H3/b9-6-. The summed E-state index contributed by atoms with van der Waals surface area (Å²) >= 11 is 3.45. The molecule has 0 bridgehead atoms. The van der Waals surface area contributed by atoms with Gasteiger partial charge in [-0.2, -0.15) is 0 Å². The molecule has 0 aliphatic heterocycles. The average molecular weight is 251 g/mol. The van der Waals surface area contributed by atoms with E-state index >= 15 is 0 Å². The highest BCUT2D eigenvalue weighted by atomic mass is 79.9. The molecule has 1 aromatic carbocycles. The van der Waals surface area contributed by atoms with Crippen molar-refractivity contribution in [3.05, 3.63) is 39.9 Å². The molecule has 72 valence electrons. The zero-order valence-corrected chi connectivity index (χ0v) is 9.60. The molecule has 2 rings (SSSR count). The van der Waals surface area contributed by atoms with E-state index in [0.29, 0.717) is 0 Å². The Hall–Kier alpha value is -0.890. The highest BCUT2D eigenvalue weighted by Gasteiger charge is 2.16. The maximum atomic E-state index is 11.0. The van der Waals surface area contributed by atoms with Gasteiger partial charge in [-0.3, -0.25) is 4.79 Å². The number of benzene rings is 1. The number of aryl methyl sites for hydroxylation is 1. The number of hydrogen-bond donors (Lipinski definition) is 0. The lowest BCUT2D eigenvalue weighted by Gasteiger charge is -2.00. The molecule has 0 saturated carbocycles. The first-order valence-corrected chi connectivity index (χ1v) is 5.46. The van der Waals surface area contributed by atoms with Crippen LogP contribution in [0.4, 0.5) is 0 Å². The molecule has 1 aliphatic carbocycles. The molecule has 0 amide bonds. The first-order valence-electron chi connectivity index (χ1n) is 4.67. The lowest BCUT2D eigenvalue weighted by molar-refractivity contribution is -0.112. The van der Waals surface area contributed by atoms with Crippen molar-refractivity contribution in [2.75, 3.05) is 0 Å². The minimum Gasteiger partial charge on any atom is -0.295 e. The third kappa shape index (κ3) is 1.80. The summed E-state index contributed by atoms with van der Waals surface area (Å²) in [7, 11) is 0. The largest absolute Gasteiger partial charge is 0.295 e. The van der Waals surface area contributed by atoms with Gasteiger partial charge in [-0.25, -0.2) is 0 Å². The molecular weight excluding hydrogens is 240 g/mol. The van der Waals surface area contributed by atoms with Gasteiger partial charge in [-0.1, -0.05) is 22.0 Å². The van der Waals surface area contributed by atoms with Crippen LogP contribution in [0.25, 0.3) is 5.57 Å². The first-order chi connectivity index (χ1) is 6.66. The molecule has 0 aromatic heterocycles. The second-order valence-electron chi connectivity index (χ2n) is 3.58. The maximum Gasteiger partial charge on any atom is 0.152 e. The van der Waals surface area contributed by atoms with Crippen molar-refractivity contribution in [1.82, 2.24) is 0 Å². The Labute approximate surface area is 92.0 Å². The molecule has 1 aliphatic rings. The number of hydrogen-bond acceptors (Lipinski definition) is 1. The number of allylic oxidation sites excluding steroid dienone is 2. The summed E-state index contributed by atoms with van der Waals surface area (Å²) < 4.78 is 1.11. The van der Waals surface area contributed by atoms with E-state index in [4.69, 9.17) is 0 Å². The summed E-state index contributed by atoms with van der Waals surface area (Å²) in [5, 5.41) is 0. The number of ketones is 1. The van der Waals surface area contributed by atoms with Gasteiger partial charge in [-0.15, -0.1) is 0 Å². The molecular formula is C12H11BrO. The van der Waals surface area contributed by atoms with E-state index in [-0.39, 0.29) is 5.78 Å². The minimum absolute atomic E-state index is 0.135. The monoisotopic (exact) mass is 250 g/mol. The fraction of sp³-hybridized carbons (Fsp3) is 0.250. The molecule has 0 saturated heterocycles. The Balaban J connectivity index is 2.45. The van der Waals surface area contributed by atoms with Crippen LogP contribution in [-0.4, -0.2) is 5.78 Å². The number of rotatable bonds is 1. The van der Waals surface area contributed by atoms with Crippen molar-refractivity contribution in [3.63, 3.8) is 0 Å². The number of fused-ring (bicyclic) bond motifs is 1. The van der Waals surface area contributed by atoms with Crippen LogP contribution in [0.1, 0.15) is 24.5 Å². The highest BCUT2D eigenvalue weighted by molar-refractivity contribution is 9.10. The van der Waals surface area contributed by atoms with Crippen molar-refractivity contribution in [3.8, 4) is 0 Å². The second kappa shape index (κ2) is 3.70. The van der Waals surface area contributed by atoms with E-state index in [2.05, 4.69) is 28.1 Å². The Bertz CT molecular complexity index is 418. The Morgan fingerprint density at radius 1 is 1.43 bits per heavy atom. The molecule has 14 heavy (non-hydrogen) atoms. The fourth-order valence-electron chi connectivity index (χ4n) is 1.88. The van der Waals surface area contributed by atoms with Crippen LogP contribution in [0.2, 0.25) is 0 Å². The van der Waals surface area contributed by atoms with Crippen LogP contribution >= 0.6 is 15.9 Å². The molecule has 0 fully saturated rings. The van der Waals surface area contributed by atoms with Gasteiger partial charge >= 0.3 is 0 Å². The van der Waals surface area contributed by atoms with Crippen LogP contribution < -0.4 is 0 Å². The lowest BCUT2D eigenvalue weighted by Crippen LogP contribution is -1.85. The summed E-state index contributed by atoms with van der Waals surface area (Å²) in [4.78, 5) is 11.0. The van der Waals surface area contributed by atoms with Gasteiger partial charge in [0.1, 0.15) is 0 Å². The number of halogens is 1. The zero-order chi connectivity index (χ0) is 10.1. The SMILES string of the molecule is CC(=O)/C=C1/CCc2cc(Br)ccc21. The normalized spacial score (nSPS) is 17.1. The van der Waals surface area contributed by atoms with Crippen LogP contribution in [-0.2, 0) is 11.2 Å². The molecule has 0 atom stereocenters. The van der Waals surface area contributed by atoms with Gasteiger partial charge in [0.05, 0.1) is 0 Å². The smallest absolute Gasteiger partial charge is 0.152 e. The molecule has 0 heterocycles. The van der Waals surface area contributed by atoms with Gasteiger partial charge < -0.3 is 0 Å². The van der Waals surface area contributed by atoms with E-state index in [1.165, 1.54) is 16.7 Å². The Morgan fingerprint density at radius 2 is 2.21 bits per heavy atom. The zero-order valence-electron chi connectivity index (χ0n) is 8.01. The molecule has 0 radical (unpaired) electrons. The van der Waals surface area contributed by atoms with Crippen LogP contribution in [0, 0.1) is 0 Å². The quantitative estimate of drug-likeness (QED) is 0.699. The summed E-state index contributed by atoms with van der Waals surface area (Å²) in [6, 6.07) is 6.25. The summed E-state index contributed by atoms with van der Waals surface area (Å²) in [6.07, 6.45) is 3.79. The molecule has 2 heteroatoms. The predicted molar refractivity (Wildman–Crippen MR) is 61.1 cm³/mol. The third-order valence-electron chi connectivity index (χ3n) is 2.45. The second-order valence-corrected chi connectivity index (χ2v) is 4.50. The van der Waals surface area contributed by atoms with E-state index in [0.717, 1.165) is 17.3 Å². The van der Waals surface area contributed by atoms with Crippen molar-refractivity contribution in [1.29, 1.82) is 0 Å². The van der Waals surface area contributed by atoms with E-state index in [1.807, 2.05) is 6.07 Å². The molecule has 1 nitrogen and oxygen atoms in total.